The van der Waals surface area contributed by atoms with Gasteiger partial charge >= 0.3 is 0 Å². The number of fused-ring (bicyclic) bond motifs is 2. The van der Waals surface area contributed by atoms with Gasteiger partial charge in [-0.2, -0.15) is 0 Å². The lowest BCUT2D eigenvalue weighted by molar-refractivity contribution is -0.135. The number of carbonyl (C=O) groups excluding carboxylic acids is 2. The Bertz CT molecular complexity index is 1280. The van der Waals surface area contributed by atoms with Crippen molar-refractivity contribution in [3.8, 4) is 5.75 Å². The first-order valence-corrected chi connectivity index (χ1v) is 14.8. The molecule has 0 bridgehead atoms. The van der Waals surface area contributed by atoms with E-state index in [1.54, 1.807) is 0 Å². The molecule has 0 N–H and O–H groups in total. The number of ether oxygens (including phenoxy) is 1. The molecule has 0 unspecified atom stereocenters. The Labute approximate surface area is 238 Å². The van der Waals surface area contributed by atoms with Gasteiger partial charge in [0.25, 0.3) is 5.91 Å². The lowest BCUT2D eigenvalue weighted by Gasteiger charge is -2.35. The molecule has 5 rings (SSSR count). The summed E-state index contributed by atoms with van der Waals surface area (Å²) in [4.78, 5) is 33.7. The summed E-state index contributed by atoms with van der Waals surface area (Å²) in [5.41, 5.74) is 4.47. The van der Waals surface area contributed by atoms with Crippen molar-refractivity contribution in [1.29, 1.82) is 0 Å². The van der Waals surface area contributed by atoms with Gasteiger partial charge in [-0.25, -0.2) is 0 Å². The van der Waals surface area contributed by atoms with Crippen LogP contribution in [0.3, 0.4) is 0 Å². The van der Waals surface area contributed by atoms with Crippen LogP contribution in [0.15, 0.2) is 78.9 Å². The summed E-state index contributed by atoms with van der Waals surface area (Å²) in [6, 6.07) is 26.3. The van der Waals surface area contributed by atoms with Crippen LogP contribution in [0.1, 0.15) is 53.2 Å². The van der Waals surface area contributed by atoms with E-state index in [-0.39, 0.29) is 17.9 Å². The third-order valence-electron chi connectivity index (χ3n) is 8.19. The van der Waals surface area contributed by atoms with E-state index in [0.717, 1.165) is 38.8 Å². The second kappa shape index (κ2) is 13.6. The molecule has 0 aliphatic carbocycles. The molecule has 2 heterocycles. The van der Waals surface area contributed by atoms with E-state index in [2.05, 4.69) is 46.2 Å². The quantitative estimate of drug-likeness (QED) is 0.447. The lowest BCUT2D eigenvalue weighted by atomic mass is 10.00. The highest BCUT2D eigenvalue weighted by Crippen LogP contribution is 2.24. The van der Waals surface area contributed by atoms with Crippen molar-refractivity contribution >= 4 is 11.8 Å². The van der Waals surface area contributed by atoms with Crippen LogP contribution >= 0.6 is 0 Å². The molecule has 0 saturated heterocycles. The number of hydrogen-bond donors (Lipinski definition) is 0. The molecular weight excluding hydrogens is 498 g/mol. The Morgan fingerprint density at radius 1 is 0.850 bits per heavy atom. The van der Waals surface area contributed by atoms with Gasteiger partial charge in [-0.15, -0.1) is 0 Å². The number of carbonyl (C=O) groups is 2. The van der Waals surface area contributed by atoms with E-state index in [0.29, 0.717) is 50.5 Å². The van der Waals surface area contributed by atoms with Crippen molar-refractivity contribution in [1.82, 2.24) is 14.7 Å². The predicted octanol–water partition coefficient (Wildman–Crippen LogP) is 5.21. The molecule has 1 atom stereocenters. The van der Waals surface area contributed by atoms with E-state index in [9.17, 15) is 9.59 Å². The predicted molar refractivity (Wildman–Crippen MR) is 158 cm³/mol. The average Bonchev–Trinajstić information content (AvgIpc) is 3.00. The van der Waals surface area contributed by atoms with E-state index >= 15 is 0 Å². The van der Waals surface area contributed by atoms with E-state index in [1.165, 1.54) is 16.7 Å². The SMILES string of the molecule is CCN1CCCCCN(C(=O)CN2CCc3ccccc3C2)[C@@H](Cc2ccccc2)COc2ccccc2C1=O. The fourth-order valence-corrected chi connectivity index (χ4v) is 5.92. The third kappa shape index (κ3) is 6.92. The Kier molecular flexibility index (Phi) is 9.50. The molecule has 6 heteroatoms. The van der Waals surface area contributed by atoms with Crippen molar-refractivity contribution in [2.24, 2.45) is 0 Å². The summed E-state index contributed by atoms with van der Waals surface area (Å²) in [6.07, 6.45) is 4.45. The van der Waals surface area contributed by atoms with Crippen LogP contribution in [0.25, 0.3) is 0 Å². The van der Waals surface area contributed by atoms with Crippen LogP contribution in [-0.2, 0) is 24.2 Å². The minimum absolute atomic E-state index is 0.00951. The summed E-state index contributed by atoms with van der Waals surface area (Å²) < 4.78 is 6.41. The Hall–Kier alpha value is -3.64. The molecule has 3 aromatic carbocycles. The first kappa shape index (κ1) is 27.9. The number of para-hydroxylation sites is 1. The lowest BCUT2D eigenvalue weighted by Crippen LogP contribution is -2.50. The third-order valence-corrected chi connectivity index (χ3v) is 8.19. The Morgan fingerprint density at radius 3 is 2.40 bits per heavy atom. The first-order chi connectivity index (χ1) is 19.6. The van der Waals surface area contributed by atoms with Gasteiger partial charge in [0.2, 0.25) is 5.91 Å². The van der Waals surface area contributed by atoms with Crippen molar-refractivity contribution in [3.05, 3.63) is 101 Å². The van der Waals surface area contributed by atoms with Gasteiger partial charge in [0.05, 0.1) is 18.2 Å². The number of hydrogen-bond acceptors (Lipinski definition) is 4. The van der Waals surface area contributed by atoms with Gasteiger partial charge in [0.1, 0.15) is 12.4 Å². The van der Waals surface area contributed by atoms with Gasteiger partial charge in [-0.1, -0.05) is 66.7 Å². The van der Waals surface area contributed by atoms with Crippen LogP contribution in [0.2, 0.25) is 0 Å². The minimum atomic E-state index is -0.141. The Balaban J connectivity index is 1.40. The summed E-state index contributed by atoms with van der Waals surface area (Å²) in [6.45, 7) is 6.50. The second-order valence-corrected chi connectivity index (χ2v) is 10.9. The van der Waals surface area contributed by atoms with Crippen molar-refractivity contribution < 1.29 is 14.3 Å². The molecule has 2 amide bonds. The normalized spacial score (nSPS) is 18.9. The van der Waals surface area contributed by atoms with E-state index < -0.39 is 0 Å². The van der Waals surface area contributed by atoms with Crippen LogP contribution < -0.4 is 4.74 Å². The fraction of sp³-hybridized carbons (Fsp3) is 0.412. The zero-order valence-corrected chi connectivity index (χ0v) is 23.6. The standard InChI is InChI=1S/C34H41N3O3/c1-2-36-20-11-4-12-21-37(33(38)25-35-22-19-28-15-7-8-16-29(28)24-35)30(23-27-13-5-3-6-14-27)26-40-32-18-10-9-17-31(32)34(36)39/h3,5-10,13-18,30H,2,4,11-12,19-26H2,1H3/t30-/m0/s1. The van der Waals surface area contributed by atoms with Gasteiger partial charge in [-0.05, 0) is 67.9 Å². The maximum absolute atomic E-state index is 14.0. The molecule has 40 heavy (non-hydrogen) atoms. The molecule has 3 aromatic rings. The molecule has 6 nitrogen and oxygen atoms in total. The van der Waals surface area contributed by atoms with E-state index in [1.807, 2.05) is 54.3 Å². The van der Waals surface area contributed by atoms with Gasteiger partial charge in [0, 0.05) is 32.7 Å². The van der Waals surface area contributed by atoms with Gasteiger partial charge in [0.15, 0.2) is 0 Å². The molecule has 0 radical (unpaired) electrons. The summed E-state index contributed by atoms with van der Waals surface area (Å²) in [5, 5.41) is 0. The molecule has 0 spiro atoms. The minimum Gasteiger partial charge on any atom is -0.491 e. The molecule has 2 aliphatic rings. The van der Waals surface area contributed by atoms with Crippen molar-refractivity contribution in [3.63, 3.8) is 0 Å². The first-order valence-electron chi connectivity index (χ1n) is 14.8. The van der Waals surface area contributed by atoms with Crippen molar-refractivity contribution in [2.45, 2.75) is 51.6 Å². The Morgan fingerprint density at radius 2 is 1.57 bits per heavy atom. The fourth-order valence-electron chi connectivity index (χ4n) is 5.92. The second-order valence-electron chi connectivity index (χ2n) is 10.9. The molecule has 210 valence electrons. The largest absolute Gasteiger partial charge is 0.491 e. The zero-order valence-electron chi connectivity index (χ0n) is 23.6. The number of amides is 2. The molecule has 2 aliphatic heterocycles. The monoisotopic (exact) mass is 539 g/mol. The topological polar surface area (TPSA) is 53.1 Å². The smallest absolute Gasteiger partial charge is 0.257 e. The molecule has 0 saturated carbocycles. The number of benzene rings is 3. The molecule has 0 fully saturated rings. The van der Waals surface area contributed by atoms with Crippen LogP contribution in [-0.4, -0.2) is 71.9 Å². The number of nitrogens with zero attached hydrogens (tertiary/aromatic N) is 3. The summed E-state index contributed by atoms with van der Waals surface area (Å²) in [7, 11) is 0. The van der Waals surface area contributed by atoms with Crippen LogP contribution in [0, 0.1) is 0 Å². The van der Waals surface area contributed by atoms with Crippen LogP contribution in [0.4, 0.5) is 0 Å². The highest BCUT2D eigenvalue weighted by atomic mass is 16.5. The maximum Gasteiger partial charge on any atom is 0.257 e. The van der Waals surface area contributed by atoms with Crippen LogP contribution in [0.5, 0.6) is 5.75 Å². The summed E-state index contributed by atoms with van der Waals surface area (Å²) >= 11 is 0. The highest BCUT2D eigenvalue weighted by Gasteiger charge is 2.28. The average molecular weight is 540 g/mol. The van der Waals surface area contributed by atoms with Gasteiger partial charge < -0.3 is 14.5 Å². The maximum atomic E-state index is 14.0. The zero-order chi connectivity index (χ0) is 27.7. The molecular formula is C34H41N3O3. The van der Waals surface area contributed by atoms with E-state index in [4.69, 9.17) is 4.74 Å². The van der Waals surface area contributed by atoms with Crippen molar-refractivity contribution in [2.75, 3.05) is 39.3 Å². The molecule has 0 aromatic heterocycles. The summed E-state index contributed by atoms with van der Waals surface area (Å²) in [5.74, 6) is 0.747. The number of rotatable bonds is 5. The highest BCUT2D eigenvalue weighted by molar-refractivity contribution is 5.97. The van der Waals surface area contributed by atoms with Gasteiger partial charge in [-0.3, -0.25) is 14.5 Å².